The Labute approximate surface area is 122 Å². The average molecular weight is 295 g/mol. The summed E-state index contributed by atoms with van der Waals surface area (Å²) in [6.45, 7) is 3.19. The fraction of sp³-hybridized carbons (Fsp3) is 0.400. The Hall–Kier alpha value is -2.24. The number of oxime groups is 1. The van der Waals surface area contributed by atoms with E-state index in [1.165, 1.54) is 26.2 Å². The van der Waals surface area contributed by atoms with Gasteiger partial charge in [-0.05, 0) is 38.0 Å². The van der Waals surface area contributed by atoms with Gasteiger partial charge in [-0.3, -0.25) is 4.79 Å². The van der Waals surface area contributed by atoms with Gasteiger partial charge < -0.3 is 9.57 Å². The van der Waals surface area contributed by atoms with Crippen molar-refractivity contribution in [1.29, 1.82) is 0 Å². The first-order valence-electron chi connectivity index (χ1n) is 6.52. The van der Waals surface area contributed by atoms with Gasteiger partial charge in [-0.1, -0.05) is 17.3 Å². The summed E-state index contributed by atoms with van der Waals surface area (Å²) in [6, 6.07) is 5.70. The number of rotatable bonds is 7. The molecule has 0 saturated carbocycles. The van der Waals surface area contributed by atoms with Crippen LogP contribution >= 0.6 is 0 Å². The quantitative estimate of drug-likeness (QED) is 0.439. The molecular weight excluding hydrogens is 277 g/mol. The fourth-order valence-corrected chi connectivity index (χ4v) is 1.84. The van der Waals surface area contributed by atoms with Crippen LogP contribution in [0.5, 0.6) is 0 Å². The highest BCUT2D eigenvalue weighted by Crippen LogP contribution is 2.14. The standard InChI is InChI=1S/C15H18FNO4/c1-4-21-15(19)14(17-20-3)13(10(2)18)9-11-5-7-12(16)8-6-11/h5-8,13H,4,9H2,1-3H3/b17-14+. The predicted molar refractivity (Wildman–Crippen MR) is 75.4 cm³/mol. The van der Waals surface area contributed by atoms with Crippen LogP contribution in [0.15, 0.2) is 29.4 Å². The Kier molecular flexibility index (Phi) is 6.52. The molecule has 1 atom stereocenters. The minimum Gasteiger partial charge on any atom is -0.461 e. The lowest BCUT2D eigenvalue weighted by atomic mass is 9.91. The molecule has 0 aliphatic heterocycles. The van der Waals surface area contributed by atoms with Crippen LogP contribution in [0.25, 0.3) is 0 Å². The van der Waals surface area contributed by atoms with Crippen LogP contribution in [-0.2, 0) is 25.6 Å². The Bertz CT molecular complexity index is 525. The third-order valence-corrected chi connectivity index (χ3v) is 2.85. The molecule has 0 aliphatic carbocycles. The topological polar surface area (TPSA) is 65.0 Å². The molecule has 6 heteroatoms. The van der Waals surface area contributed by atoms with E-state index in [0.29, 0.717) is 5.56 Å². The number of benzene rings is 1. The molecule has 1 aromatic rings. The molecule has 21 heavy (non-hydrogen) atoms. The van der Waals surface area contributed by atoms with Crippen LogP contribution in [0.3, 0.4) is 0 Å². The minimum atomic E-state index is -0.797. The van der Waals surface area contributed by atoms with Gasteiger partial charge in [-0.25, -0.2) is 9.18 Å². The highest BCUT2D eigenvalue weighted by atomic mass is 19.1. The molecular formula is C15H18FNO4. The van der Waals surface area contributed by atoms with Crippen molar-refractivity contribution in [3.05, 3.63) is 35.6 Å². The number of esters is 1. The van der Waals surface area contributed by atoms with Crippen molar-refractivity contribution in [2.45, 2.75) is 20.3 Å². The van der Waals surface area contributed by atoms with E-state index in [2.05, 4.69) is 9.99 Å². The number of ketones is 1. The molecule has 5 nitrogen and oxygen atoms in total. The van der Waals surface area contributed by atoms with Gasteiger partial charge in [0.15, 0.2) is 5.71 Å². The molecule has 1 unspecified atom stereocenters. The molecule has 1 aromatic carbocycles. The first-order chi connectivity index (χ1) is 9.99. The van der Waals surface area contributed by atoms with Crippen molar-refractivity contribution in [3.63, 3.8) is 0 Å². The SMILES string of the molecule is CCOC(=O)/C(=N/OC)C(Cc1ccc(F)cc1)C(C)=O. The second-order valence-corrected chi connectivity index (χ2v) is 4.37. The average Bonchev–Trinajstić information content (AvgIpc) is 2.44. The van der Waals surface area contributed by atoms with E-state index in [1.807, 2.05) is 0 Å². The molecule has 1 rings (SSSR count). The number of hydrogen-bond donors (Lipinski definition) is 0. The summed E-state index contributed by atoms with van der Waals surface area (Å²) in [6.07, 6.45) is 0.219. The van der Waals surface area contributed by atoms with Crippen molar-refractivity contribution in [2.24, 2.45) is 11.1 Å². The summed E-state index contributed by atoms with van der Waals surface area (Å²) in [7, 11) is 1.29. The van der Waals surface area contributed by atoms with E-state index in [1.54, 1.807) is 19.1 Å². The van der Waals surface area contributed by atoms with Crippen LogP contribution < -0.4 is 0 Å². The van der Waals surface area contributed by atoms with Gasteiger partial charge in [-0.15, -0.1) is 0 Å². The van der Waals surface area contributed by atoms with Gasteiger partial charge in [0, 0.05) is 0 Å². The number of hydrogen-bond acceptors (Lipinski definition) is 5. The highest BCUT2D eigenvalue weighted by Gasteiger charge is 2.29. The largest absolute Gasteiger partial charge is 0.461 e. The van der Waals surface area contributed by atoms with Crippen LogP contribution in [0.1, 0.15) is 19.4 Å². The fourth-order valence-electron chi connectivity index (χ4n) is 1.84. The molecule has 0 bridgehead atoms. The molecule has 114 valence electrons. The molecule has 0 saturated heterocycles. The summed E-state index contributed by atoms with van der Waals surface area (Å²) in [5.41, 5.74) is 0.626. The monoisotopic (exact) mass is 295 g/mol. The van der Waals surface area contributed by atoms with Crippen molar-refractivity contribution in [2.75, 3.05) is 13.7 Å². The Morgan fingerprint density at radius 3 is 2.38 bits per heavy atom. The normalized spacial score (nSPS) is 12.7. The molecule has 0 heterocycles. The lowest BCUT2D eigenvalue weighted by Crippen LogP contribution is -2.32. The van der Waals surface area contributed by atoms with Crippen LogP contribution in [0.4, 0.5) is 4.39 Å². The molecule has 0 N–H and O–H groups in total. The van der Waals surface area contributed by atoms with E-state index in [4.69, 9.17) is 4.74 Å². The first kappa shape index (κ1) is 16.8. The number of Topliss-reactive ketones (excluding diaryl/α,β-unsaturated/α-hetero) is 1. The zero-order valence-corrected chi connectivity index (χ0v) is 12.3. The maximum atomic E-state index is 12.9. The van der Waals surface area contributed by atoms with E-state index in [-0.39, 0.29) is 30.3 Å². The second kappa shape index (κ2) is 8.14. The summed E-state index contributed by atoms with van der Waals surface area (Å²) < 4.78 is 17.8. The molecule has 0 radical (unpaired) electrons. The number of nitrogens with zero attached hydrogens (tertiary/aromatic N) is 1. The number of carbonyl (C=O) groups is 2. The Morgan fingerprint density at radius 2 is 1.90 bits per heavy atom. The van der Waals surface area contributed by atoms with Crippen molar-refractivity contribution < 1.29 is 23.6 Å². The van der Waals surface area contributed by atoms with Gasteiger partial charge in [0.05, 0.1) is 12.5 Å². The minimum absolute atomic E-state index is 0.0869. The third kappa shape index (κ3) is 4.98. The highest BCUT2D eigenvalue weighted by molar-refractivity contribution is 6.40. The van der Waals surface area contributed by atoms with Crippen LogP contribution in [0, 0.1) is 11.7 Å². The van der Waals surface area contributed by atoms with E-state index in [0.717, 1.165) is 0 Å². The number of ether oxygens (including phenoxy) is 1. The Morgan fingerprint density at radius 1 is 1.29 bits per heavy atom. The van der Waals surface area contributed by atoms with Gasteiger partial charge in [0.25, 0.3) is 0 Å². The van der Waals surface area contributed by atoms with Gasteiger partial charge in [0.2, 0.25) is 0 Å². The maximum Gasteiger partial charge on any atom is 0.356 e. The lowest BCUT2D eigenvalue weighted by molar-refractivity contribution is -0.136. The summed E-state index contributed by atoms with van der Waals surface area (Å²) in [5, 5.41) is 3.63. The van der Waals surface area contributed by atoms with Crippen LogP contribution in [0.2, 0.25) is 0 Å². The third-order valence-electron chi connectivity index (χ3n) is 2.85. The second-order valence-electron chi connectivity index (χ2n) is 4.37. The van der Waals surface area contributed by atoms with Crippen LogP contribution in [-0.4, -0.2) is 31.2 Å². The van der Waals surface area contributed by atoms with Crippen molar-refractivity contribution in [3.8, 4) is 0 Å². The number of halogens is 1. The number of carbonyl (C=O) groups excluding carboxylic acids is 2. The van der Waals surface area contributed by atoms with Gasteiger partial charge in [0.1, 0.15) is 18.7 Å². The summed E-state index contributed by atoms with van der Waals surface area (Å²) >= 11 is 0. The van der Waals surface area contributed by atoms with E-state index < -0.39 is 11.9 Å². The van der Waals surface area contributed by atoms with Crippen molar-refractivity contribution in [1.82, 2.24) is 0 Å². The molecule has 0 aromatic heterocycles. The zero-order valence-electron chi connectivity index (χ0n) is 12.3. The first-order valence-corrected chi connectivity index (χ1v) is 6.52. The Balaban J connectivity index is 3.02. The zero-order chi connectivity index (χ0) is 15.8. The smallest absolute Gasteiger partial charge is 0.356 e. The molecule has 0 amide bonds. The summed E-state index contributed by atoms with van der Waals surface area (Å²) in [4.78, 5) is 28.3. The maximum absolute atomic E-state index is 12.9. The van der Waals surface area contributed by atoms with Gasteiger partial charge >= 0.3 is 5.97 Å². The van der Waals surface area contributed by atoms with E-state index in [9.17, 15) is 14.0 Å². The molecule has 0 aliphatic rings. The van der Waals surface area contributed by atoms with Gasteiger partial charge in [-0.2, -0.15) is 0 Å². The molecule has 0 fully saturated rings. The van der Waals surface area contributed by atoms with E-state index >= 15 is 0 Å². The molecule has 0 spiro atoms. The summed E-state index contributed by atoms with van der Waals surface area (Å²) in [5.74, 6) is -2.10. The van der Waals surface area contributed by atoms with Crippen molar-refractivity contribution >= 4 is 17.5 Å². The predicted octanol–water partition coefficient (Wildman–Crippen LogP) is 2.14. The lowest BCUT2D eigenvalue weighted by Gasteiger charge is -2.15.